The Hall–Kier alpha value is -1.36. The van der Waals surface area contributed by atoms with E-state index in [1.807, 2.05) is 13.0 Å². The highest BCUT2D eigenvalue weighted by Crippen LogP contribution is 2.42. The van der Waals surface area contributed by atoms with E-state index < -0.39 is 11.9 Å². The molecule has 0 spiro atoms. The Morgan fingerprint density at radius 2 is 2.10 bits per heavy atom. The molecule has 2 unspecified atom stereocenters. The number of carboxylic acid groups (broad SMARTS) is 1. The molecule has 5 heteroatoms. The van der Waals surface area contributed by atoms with Gasteiger partial charge < -0.3 is 10.0 Å². The quantitative estimate of drug-likeness (QED) is 0.932. The fourth-order valence-corrected chi connectivity index (χ4v) is 3.90. The van der Waals surface area contributed by atoms with E-state index in [-0.39, 0.29) is 23.8 Å². The zero-order chi connectivity index (χ0) is 15.1. The van der Waals surface area contributed by atoms with Gasteiger partial charge in [-0.2, -0.15) is 0 Å². The number of carboxylic acids is 1. The van der Waals surface area contributed by atoms with Crippen molar-refractivity contribution in [3.8, 4) is 0 Å². The molecule has 0 saturated carbocycles. The first-order valence-corrected chi connectivity index (χ1v) is 7.69. The maximum Gasteiger partial charge on any atom is 0.309 e. The highest BCUT2D eigenvalue weighted by atomic mass is 32.1. The van der Waals surface area contributed by atoms with Crippen molar-refractivity contribution in [1.82, 2.24) is 4.90 Å². The zero-order valence-corrected chi connectivity index (χ0v) is 13.2. The third-order valence-corrected chi connectivity index (χ3v) is 5.33. The van der Waals surface area contributed by atoms with E-state index in [1.165, 1.54) is 4.88 Å². The van der Waals surface area contributed by atoms with Crippen LogP contribution in [-0.2, 0) is 15.0 Å². The first-order chi connectivity index (χ1) is 9.25. The highest BCUT2D eigenvalue weighted by Gasteiger charge is 2.44. The molecule has 1 N–H and O–H groups in total. The predicted octanol–water partition coefficient (Wildman–Crippen LogP) is 3.04. The summed E-state index contributed by atoms with van der Waals surface area (Å²) in [5.41, 5.74) is 0.0430. The lowest BCUT2D eigenvalue weighted by atomic mass is 9.94. The van der Waals surface area contributed by atoms with E-state index in [9.17, 15) is 14.7 Å². The lowest BCUT2D eigenvalue weighted by Crippen LogP contribution is -2.29. The van der Waals surface area contributed by atoms with Crippen LogP contribution in [0, 0.1) is 5.92 Å². The number of rotatable bonds is 3. The average molecular weight is 295 g/mol. The number of hydrogen-bond donors (Lipinski definition) is 1. The molecule has 0 radical (unpaired) electrons. The number of likely N-dealkylation sites (tertiary alicyclic amines) is 1. The number of aliphatic carboxylic acids is 1. The van der Waals surface area contributed by atoms with Crippen molar-refractivity contribution in [2.24, 2.45) is 5.92 Å². The SMILES string of the molecule is CCN1C(=O)CC(C(=O)O)C1c1ccc(C(C)(C)C)s1. The second-order valence-corrected chi connectivity index (χ2v) is 7.34. The van der Waals surface area contributed by atoms with Crippen LogP contribution in [0.4, 0.5) is 0 Å². The molecular weight excluding hydrogens is 274 g/mol. The fourth-order valence-electron chi connectivity index (χ4n) is 2.65. The molecule has 0 aromatic carbocycles. The van der Waals surface area contributed by atoms with Gasteiger partial charge >= 0.3 is 5.97 Å². The lowest BCUT2D eigenvalue weighted by molar-refractivity contribution is -0.142. The van der Waals surface area contributed by atoms with Crippen molar-refractivity contribution in [1.29, 1.82) is 0 Å². The largest absolute Gasteiger partial charge is 0.481 e. The van der Waals surface area contributed by atoms with Crippen LogP contribution < -0.4 is 0 Å². The predicted molar refractivity (Wildman–Crippen MR) is 78.9 cm³/mol. The number of amides is 1. The molecule has 2 atom stereocenters. The molecule has 1 aliphatic heterocycles. The minimum Gasteiger partial charge on any atom is -0.481 e. The Morgan fingerprint density at radius 1 is 1.45 bits per heavy atom. The smallest absolute Gasteiger partial charge is 0.309 e. The number of hydrogen-bond acceptors (Lipinski definition) is 3. The fraction of sp³-hybridized carbons (Fsp3) is 0.600. The van der Waals surface area contributed by atoms with Gasteiger partial charge in [0.2, 0.25) is 5.91 Å². The Balaban J connectivity index is 2.39. The minimum atomic E-state index is -0.884. The van der Waals surface area contributed by atoms with E-state index in [1.54, 1.807) is 16.2 Å². The maximum absolute atomic E-state index is 12.0. The molecule has 20 heavy (non-hydrogen) atoms. The molecule has 0 bridgehead atoms. The molecule has 110 valence electrons. The lowest BCUT2D eigenvalue weighted by Gasteiger charge is -2.25. The molecule has 4 nitrogen and oxygen atoms in total. The molecule has 2 heterocycles. The number of thiophene rings is 1. The molecule has 0 aliphatic carbocycles. The van der Waals surface area contributed by atoms with Crippen LogP contribution in [0.15, 0.2) is 12.1 Å². The first-order valence-electron chi connectivity index (χ1n) is 6.88. The van der Waals surface area contributed by atoms with E-state index in [0.717, 1.165) is 4.88 Å². The van der Waals surface area contributed by atoms with Crippen LogP contribution in [0.3, 0.4) is 0 Å². The normalized spacial score (nSPS) is 23.4. The Bertz CT molecular complexity index is 529. The minimum absolute atomic E-state index is 0.0430. The van der Waals surface area contributed by atoms with Gasteiger partial charge in [-0.1, -0.05) is 20.8 Å². The standard InChI is InChI=1S/C15H21NO3S/c1-5-16-12(17)8-9(14(18)19)13(16)10-6-7-11(20-10)15(2,3)4/h6-7,9,13H,5,8H2,1-4H3,(H,18,19). The third kappa shape index (κ3) is 2.59. The molecule has 1 aliphatic rings. The van der Waals surface area contributed by atoms with Gasteiger partial charge in [-0.25, -0.2) is 0 Å². The average Bonchev–Trinajstić information content (AvgIpc) is 2.91. The monoisotopic (exact) mass is 295 g/mol. The molecule has 1 fully saturated rings. The van der Waals surface area contributed by atoms with Gasteiger partial charge in [0.15, 0.2) is 0 Å². The number of nitrogens with zero attached hydrogens (tertiary/aromatic N) is 1. The highest BCUT2D eigenvalue weighted by molar-refractivity contribution is 7.12. The van der Waals surface area contributed by atoms with Crippen LogP contribution in [0.1, 0.15) is 49.9 Å². The van der Waals surface area contributed by atoms with Gasteiger partial charge in [-0.15, -0.1) is 11.3 Å². The summed E-state index contributed by atoms with van der Waals surface area (Å²) in [5, 5.41) is 9.37. The van der Waals surface area contributed by atoms with Crippen molar-refractivity contribution >= 4 is 23.2 Å². The molecule has 1 aromatic rings. The topological polar surface area (TPSA) is 57.6 Å². The van der Waals surface area contributed by atoms with Crippen molar-refractivity contribution in [2.45, 2.75) is 45.6 Å². The summed E-state index contributed by atoms with van der Waals surface area (Å²) < 4.78 is 0. The second kappa shape index (κ2) is 5.20. The van der Waals surface area contributed by atoms with E-state index in [4.69, 9.17) is 0 Å². The summed E-state index contributed by atoms with van der Waals surface area (Å²) >= 11 is 1.62. The van der Waals surface area contributed by atoms with Crippen molar-refractivity contribution in [2.75, 3.05) is 6.54 Å². The Kier molecular flexibility index (Phi) is 3.91. The summed E-state index contributed by atoms with van der Waals surface area (Å²) in [5.74, 6) is -1.57. The second-order valence-electron chi connectivity index (χ2n) is 6.23. The first kappa shape index (κ1) is 15.0. The van der Waals surface area contributed by atoms with Crippen LogP contribution in [0.5, 0.6) is 0 Å². The number of carbonyl (C=O) groups is 2. The maximum atomic E-state index is 12.0. The molecule has 1 amide bonds. The van der Waals surface area contributed by atoms with Gasteiger partial charge in [-0.3, -0.25) is 9.59 Å². The van der Waals surface area contributed by atoms with Crippen LogP contribution in [0.25, 0.3) is 0 Å². The number of carbonyl (C=O) groups excluding carboxylic acids is 1. The van der Waals surface area contributed by atoms with Crippen LogP contribution in [0.2, 0.25) is 0 Å². The zero-order valence-electron chi connectivity index (χ0n) is 12.3. The van der Waals surface area contributed by atoms with Crippen molar-refractivity contribution < 1.29 is 14.7 Å². The molecule has 1 saturated heterocycles. The van der Waals surface area contributed by atoms with Gasteiger partial charge in [0.25, 0.3) is 0 Å². The summed E-state index contributed by atoms with van der Waals surface area (Å²) in [6, 6.07) is 3.72. The molecule has 2 rings (SSSR count). The summed E-state index contributed by atoms with van der Waals surface area (Å²) in [7, 11) is 0. The van der Waals surface area contributed by atoms with Gasteiger partial charge in [0, 0.05) is 22.7 Å². The van der Waals surface area contributed by atoms with Crippen molar-refractivity contribution in [3.63, 3.8) is 0 Å². The van der Waals surface area contributed by atoms with Crippen LogP contribution in [-0.4, -0.2) is 28.4 Å². The van der Waals surface area contributed by atoms with Gasteiger partial charge in [0.05, 0.1) is 12.0 Å². The van der Waals surface area contributed by atoms with E-state index in [0.29, 0.717) is 6.54 Å². The van der Waals surface area contributed by atoms with Gasteiger partial charge in [-0.05, 0) is 24.5 Å². The molecular formula is C15H21NO3S. The Morgan fingerprint density at radius 3 is 2.55 bits per heavy atom. The third-order valence-electron chi connectivity index (χ3n) is 3.75. The molecule has 1 aromatic heterocycles. The summed E-state index contributed by atoms with van der Waals surface area (Å²) in [6.07, 6.45) is 0.108. The summed E-state index contributed by atoms with van der Waals surface area (Å²) in [6.45, 7) is 8.85. The Labute approximate surface area is 123 Å². The van der Waals surface area contributed by atoms with Gasteiger partial charge in [0.1, 0.15) is 0 Å². The van der Waals surface area contributed by atoms with E-state index >= 15 is 0 Å². The van der Waals surface area contributed by atoms with Crippen molar-refractivity contribution in [3.05, 3.63) is 21.9 Å². The summed E-state index contributed by atoms with van der Waals surface area (Å²) in [4.78, 5) is 27.3. The van der Waals surface area contributed by atoms with Crippen LogP contribution >= 0.6 is 11.3 Å². The van der Waals surface area contributed by atoms with E-state index in [2.05, 4.69) is 26.8 Å².